The Labute approximate surface area is 260 Å². The van der Waals surface area contributed by atoms with E-state index in [1.54, 1.807) is 12.1 Å². The summed E-state index contributed by atoms with van der Waals surface area (Å²) in [5, 5.41) is 8.40. The Hall–Kier alpha value is -2.26. The van der Waals surface area contributed by atoms with E-state index in [0.717, 1.165) is 19.4 Å². The molecule has 3 N–H and O–H groups in total. The molecule has 1 saturated heterocycles. The molecule has 10 heteroatoms. The molecule has 1 fully saturated rings. The second kappa shape index (κ2) is 19.8. The van der Waals surface area contributed by atoms with Crippen LogP contribution in [0.5, 0.6) is 0 Å². The van der Waals surface area contributed by atoms with Crippen LogP contribution in [0.1, 0.15) is 90.3 Å². The van der Waals surface area contributed by atoms with Crippen molar-refractivity contribution in [1.82, 2.24) is 15.5 Å². The van der Waals surface area contributed by atoms with Crippen LogP contribution in [0.4, 0.5) is 14.5 Å². The zero-order valence-corrected chi connectivity index (χ0v) is 27.3. The fourth-order valence-corrected chi connectivity index (χ4v) is 4.56. The first-order valence-corrected chi connectivity index (χ1v) is 15.3. The Kier molecular flexibility index (Phi) is 17.8. The number of nitrogens with one attached hydrogen (secondary N) is 3. The normalized spacial score (nSPS) is 14.5. The second-order valence-corrected chi connectivity index (χ2v) is 12.9. The third-order valence-electron chi connectivity index (χ3n) is 6.34. The van der Waals surface area contributed by atoms with Crippen molar-refractivity contribution >= 4 is 41.7 Å². The molecule has 2 amide bonds. The molecule has 6 nitrogen and oxygen atoms in total. The predicted octanol–water partition coefficient (Wildman–Crippen LogP) is 7.96. The van der Waals surface area contributed by atoms with Gasteiger partial charge < -0.3 is 20.9 Å². The molecular weight excluding hydrogens is 581 g/mol. The number of nitrogens with zero attached hydrogens (tertiary/aromatic N) is 1. The summed E-state index contributed by atoms with van der Waals surface area (Å²) in [4.78, 5) is 23.1. The number of amides is 2. The molecule has 1 aliphatic heterocycles. The molecule has 0 spiro atoms. The quantitative estimate of drug-likeness (QED) is 0.155. The lowest BCUT2D eigenvalue weighted by Gasteiger charge is -2.21. The summed E-state index contributed by atoms with van der Waals surface area (Å²) in [6, 6.07) is 7.21. The molecule has 236 valence electrons. The maximum atomic E-state index is 14.1. The van der Waals surface area contributed by atoms with E-state index in [1.807, 2.05) is 13.8 Å². The predicted molar refractivity (Wildman–Crippen MR) is 171 cm³/mol. The average Bonchev–Trinajstić information content (AvgIpc) is 3.44. The molecule has 2 unspecified atom stereocenters. The summed E-state index contributed by atoms with van der Waals surface area (Å²) in [5.74, 6) is -1.16. The molecule has 3 rings (SSSR count). The molecule has 2 aromatic carbocycles. The molecule has 2 atom stereocenters. The zero-order valence-electron chi connectivity index (χ0n) is 25.8. The minimum absolute atomic E-state index is 0.0744. The lowest BCUT2D eigenvalue weighted by molar-refractivity contribution is -0.109. The summed E-state index contributed by atoms with van der Waals surface area (Å²) < 4.78 is 27.9. The van der Waals surface area contributed by atoms with Crippen molar-refractivity contribution in [2.45, 2.75) is 79.2 Å². The fraction of sp³-hybridized carbons (Fsp3) is 0.562. The number of carbonyl (C=O) groups is 2. The molecule has 42 heavy (non-hydrogen) atoms. The molecule has 1 aliphatic rings. The third kappa shape index (κ3) is 15.3. The summed E-state index contributed by atoms with van der Waals surface area (Å²) in [5.41, 5.74) is 1.97. The third-order valence-corrected chi connectivity index (χ3v) is 6.93. The first kappa shape index (κ1) is 37.8. The van der Waals surface area contributed by atoms with Gasteiger partial charge in [0.25, 0.3) is 0 Å². The van der Waals surface area contributed by atoms with Gasteiger partial charge in [0, 0.05) is 24.8 Å². The highest BCUT2D eigenvalue weighted by atomic mass is 35.5. The highest BCUT2D eigenvalue weighted by Gasteiger charge is 2.18. The smallest absolute Gasteiger partial charge is 0.211 e. The van der Waals surface area contributed by atoms with E-state index in [9.17, 15) is 18.4 Å². The topological polar surface area (TPSA) is 73.5 Å². The summed E-state index contributed by atoms with van der Waals surface area (Å²) in [6.45, 7) is 17.5. The van der Waals surface area contributed by atoms with Crippen LogP contribution >= 0.6 is 23.2 Å². The maximum Gasteiger partial charge on any atom is 0.211 e. The minimum atomic E-state index is -0.573. The summed E-state index contributed by atoms with van der Waals surface area (Å²) in [7, 11) is 0. The van der Waals surface area contributed by atoms with Gasteiger partial charge in [-0.15, -0.1) is 0 Å². The van der Waals surface area contributed by atoms with E-state index in [0.29, 0.717) is 35.2 Å². The van der Waals surface area contributed by atoms with Crippen LogP contribution in [-0.2, 0) is 9.59 Å². The molecule has 0 aromatic heterocycles. The Morgan fingerprint density at radius 3 is 2.19 bits per heavy atom. The van der Waals surface area contributed by atoms with Crippen LogP contribution in [0.2, 0.25) is 10.0 Å². The van der Waals surface area contributed by atoms with Crippen LogP contribution in [0.15, 0.2) is 30.3 Å². The molecule has 0 aliphatic carbocycles. The van der Waals surface area contributed by atoms with Gasteiger partial charge in [-0.1, -0.05) is 70.0 Å². The molecule has 0 bridgehead atoms. The van der Waals surface area contributed by atoms with Gasteiger partial charge in [-0.05, 0) is 92.9 Å². The van der Waals surface area contributed by atoms with Gasteiger partial charge in [0.15, 0.2) is 0 Å². The van der Waals surface area contributed by atoms with Gasteiger partial charge in [-0.3, -0.25) is 9.59 Å². The first-order chi connectivity index (χ1) is 19.8. The number of halogens is 4. The van der Waals surface area contributed by atoms with Gasteiger partial charge in [0.1, 0.15) is 11.6 Å². The highest BCUT2D eigenvalue weighted by molar-refractivity contribution is 6.31. The standard InChI is InChI=1S/C18H18Cl2F2N2O.C9H18N2O.C5H12/c1-10(12-4-3-5-14(19)18(12)22)8-23-11(2)13-6-16(21)15(20)7-17(13)24-9-25;12-9-10-5-1-2-6-11-7-3-4-8-11;1-5(2,3)4/h3-7,9-11,23H,8H2,1-2H3,(H,24,25);9H,1-8H2,(H,10,12);1-4H3. The van der Waals surface area contributed by atoms with Gasteiger partial charge in [-0.2, -0.15) is 0 Å². The van der Waals surface area contributed by atoms with Crippen LogP contribution in [0.25, 0.3) is 0 Å². The number of rotatable bonds is 13. The Morgan fingerprint density at radius 2 is 1.60 bits per heavy atom. The lowest BCUT2D eigenvalue weighted by atomic mass is 9.99. The number of benzene rings is 2. The first-order valence-electron chi connectivity index (χ1n) is 14.5. The van der Waals surface area contributed by atoms with Crippen LogP contribution in [-0.4, -0.2) is 50.4 Å². The number of hydrogen-bond donors (Lipinski definition) is 3. The van der Waals surface area contributed by atoms with E-state index in [-0.39, 0.29) is 22.0 Å². The van der Waals surface area contributed by atoms with Gasteiger partial charge in [-0.25, -0.2) is 8.78 Å². The van der Waals surface area contributed by atoms with Crippen LogP contribution in [0, 0.1) is 17.0 Å². The average molecular weight is 630 g/mol. The number of likely N-dealkylation sites (tertiary alicyclic amines) is 1. The van der Waals surface area contributed by atoms with Crippen molar-refractivity contribution in [1.29, 1.82) is 0 Å². The lowest BCUT2D eigenvalue weighted by Crippen LogP contribution is -2.25. The molecular formula is C32H48Cl2F2N4O2. The summed E-state index contributed by atoms with van der Waals surface area (Å²) >= 11 is 11.6. The Bertz CT molecular complexity index is 1090. The van der Waals surface area contributed by atoms with E-state index in [2.05, 4.69) is 48.5 Å². The molecule has 1 heterocycles. The monoisotopic (exact) mass is 628 g/mol. The van der Waals surface area contributed by atoms with Crippen molar-refractivity contribution in [2.75, 3.05) is 38.0 Å². The van der Waals surface area contributed by atoms with Crippen molar-refractivity contribution in [2.24, 2.45) is 5.41 Å². The second-order valence-electron chi connectivity index (χ2n) is 12.1. The SMILES string of the molecule is CC(C)(C)C.CC(CNC(C)c1cc(F)c(Cl)cc1NC=O)c1cccc(Cl)c1F.O=CNCCCCN1CCCC1. The summed E-state index contributed by atoms with van der Waals surface area (Å²) in [6.07, 6.45) is 6.33. The molecule has 0 saturated carbocycles. The van der Waals surface area contributed by atoms with Crippen LogP contribution < -0.4 is 16.0 Å². The van der Waals surface area contributed by atoms with Gasteiger partial charge in [0.2, 0.25) is 12.8 Å². The number of carbonyl (C=O) groups excluding carboxylic acids is 2. The van der Waals surface area contributed by atoms with Gasteiger partial charge >= 0.3 is 0 Å². The largest absolute Gasteiger partial charge is 0.359 e. The maximum absolute atomic E-state index is 14.1. The number of anilines is 1. The molecule has 2 aromatic rings. The Morgan fingerprint density at radius 1 is 0.952 bits per heavy atom. The fourth-order valence-electron chi connectivity index (χ4n) is 4.21. The van der Waals surface area contributed by atoms with Crippen LogP contribution in [0.3, 0.4) is 0 Å². The van der Waals surface area contributed by atoms with Crippen molar-refractivity contribution < 1.29 is 18.4 Å². The zero-order chi connectivity index (χ0) is 31.7. The van der Waals surface area contributed by atoms with E-state index in [4.69, 9.17) is 23.2 Å². The van der Waals surface area contributed by atoms with Crippen molar-refractivity contribution in [3.63, 3.8) is 0 Å². The van der Waals surface area contributed by atoms with Gasteiger partial charge in [0.05, 0.1) is 10.0 Å². The highest BCUT2D eigenvalue weighted by Crippen LogP contribution is 2.30. The Balaban J connectivity index is 0.000000428. The van der Waals surface area contributed by atoms with E-state index in [1.165, 1.54) is 57.1 Å². The van der Waals surface area contributed by atoms with E-state index >= 15 is 0 Å². The van der Waals surface area contributed by atoms with E-state index < -0.39 is 11.6 Å². The van der Waals surface area contributed by atoms with Crippen molar-refractivity contribution in [3.05, 3.63) is 63.1 Å². The molecule has 0 radical (unpaired) electrons. The number of unbranched alkanes of at least 4 members (excludes halogenated alkanes) is 1. The van der Waals surface area contributed by atoms with Crippen molar-refractivity contribution in [3.8, 4) is 0 Å². The minimum Gasteiger partial charge on any atom is -0.359 e. The number of hydrogen-bond acceptors (Lipinski definition) is 4.